The van der Waals surface area contributed by atoms with E-state index in [1.807, 2.05) is 4.98 Å². The Morgan fingerprint density at radius 3 is 2.65 bits per heavy atom. The number of hydrogen-bond donors (Lipinski definition) is 3. The van der Waals surface area contributed by atoms with Gasteiger partial charge in [-0.2, -0.15) is 0 Å². The molecule has 0 bridgehead atoms. The van der Waals surface area contributed by atoms with Gasteiger partial charge in [0.15, 0.2) is 0 Å². The van der Waals surface area contributed by atoms with Crippen LogP contribution < -0.4 is 11.2 Å². The average molecular weight is 241 g/mol. The largest absolute Gasteiger partial charge is 0.394 e. The number of nitrogens with one attached hydrogen (secondary N) is 2. The summed E-state index contributed by atoms with van der Waals surface area (Å²) in [6.45, 7) is 1.55. The molecule has 0 spiro atoms. The molecular weight excluding hydrogens is 226 g/mol. The second kappa shape index (κ2) is 5.44. The Balaban J connectivity index is 2.81. The van der Waals surface area contributed by atoms with Crippen molar-refractivity contribution < 1.29 is 9.90 Å². The standard InChI is InChI=1S/C10H15N3O4/c1-6(5-14)13(2)9(16)4-7-3-8(15)12-10(17)11-7/h3,6,14H,4-5H2,1-2H3,(H2,11,12,15,17). The molecule has 0 aromatic carbocycles. The molecule has 1 rings (SSSR count). The highest BCUT2D eigenvalue weighted by Crippen LogP contribution is 1.99. The Bertz CT molecular complexity index is 477. The lowest BCUT2D eigenvalue weighted by Gasteiger charge is -2.22. The monoisotopic (exact) mass is 241 g/mol. The van der Waals surface area contributed by atoms with E-state index < -0.39 is 11.2 Å². The third kappa shape index (κ3) is 3.56. The molecule has 0 saturated heterocycles. The highest BCUT2D eigenvalue weighted by molar-refractivity contribution is 5.78. The van der Waals surface area contributed by atoms with E-state index in [0.29, 0.717) is 0 Å². The fourth-order valence-electron chi connectivity index (χ4n) is 1.27. The second-order valence-electron chi connectivity index (χ2n) is 3.83. The zero-order valence-electron chi connectivity index (χ0n) is 9.69. The summed E-state index contributed by atoms with van der Waals surface area (Å²) in [5.41, 5.74) is -0.937. The van der Waals surface area contributed by atoms with Crippen LogP contribution in [0, 0.1) is 0 Å². The number of likely N-dealkylation sites (N-methyl/N-ethyl adjacent to an activating group) is 1. The number of H-pyrrole nitrogens is 2. The fraction of sp³-hybridized carbons (Fsp3) is 0.500. The van der Waals surface area contributed by atoms with Crippen molar-refractivity contribution in [3.8, 4) is 0 Å². The number of carbonyl (C=O) groups excluding carboxylic acids is 1. The number of hydrogen-bond acceptors (Lipinski definition) is 4. The first-order chi connectivity index (χ1) is 7.93. The molecule has 3 N–H and O–H groups in total. The smallest absolute Gasteiger partial charge is 0.325 e. The van der Waals surface area contributed by atoms with Gasteiger partial charge in [0, 0.05) is 18.8 Å². The van der Waals surface area contributed by atoms with Gasteiger partial charge in [-0.05, 0) is 6.92 Å². The molecule has 1 aromatic heterocycles. The number of aromatic amines is 2. The third-order valence-electron chi connectivity index (χ3n) is 2.48. The second-order valence-corrected chi connectivity index (χ2v) is 3.83. The molecule has 0 radical (unpaired) electrons. The zero-order valence-corrected chi connectivity index (χ0v) is 9.69. The van der Waals surface area contributed by atoms with Crippen molar-refractivity contribution in [3.63, 3.8) is 0 Å². The lowest BCUT2D eigenvalue weighted by atomic mass is 10.2. The van der Waals surface area contributed by atoms with Crippen LogP contribution in [-0.2, 0) is 11.2 Å². The summed E-state index contributed by atoms with van der Waals surface area (Å²) < 4.78 is 0. The molecule has 1 unspecified atom stereocenters. The van der Waals surface area contributed by atoms with Gasteiger partial charge in [-0.1, -0.05) is 0 Å². The molecule has 0 aliphatic carbocycles. The summed E-state index contributed by atoms with van der Waals surface area (Å²) in [5.74, 6) is -0.284. The normalized spacial score (nSPS) is 12.2. The van der Waals surface area contributed by atoms with E-state index in [1.54, 1.807) is 14.0 Å². The van der Waals surface area contributed by atoms with Crippen molar-refractivity contribution in [2.75, 3.05) is 13.7 Å². The molecular formula is C10H15N3O4. The molecule has 0 saturated carbocycles. The van der Waals surface area contributed by atoms with Crippen LogP contribution in [0.2, 0.25) is 0 Å². The van der Waals surface area contributed by atoms with E-state index in [9.17, 15) is 14.4 Å². The van der Waals surface area contributed by atoms with Crippen LogP contribution in [0.5, 0.6) is 0 Å². The number of aromatic nitrogens is 2. The van der Waals surface area contributed by atoms with Crippen molar-refractivity contribution >= 4 is 5.91 Å². The van der Waals surface area contributed by atoms with Crippen LogP contribution in [0.1, 0.15) is 12.6 Å². The zero-order chi connectivity index (χ0) is 13.0. The van der Waals surface area contributed by atoms with Gasteiger partial charge >= 0.3 is 5.69 Å². The van der Waals surface area contributed by atoms with Gasteiger partial charge in [0.25, 0.3) is 5.56 Å². The number of carbonyl (C=O) groups is 1. The molecule has 1 amide bonds. The van der Waals surface area contributed by atoms with Crippen LogP contribution in [0.15, 0.2) is 15.7 Å². The average Bonchev–Trinajstić information content (AvgIpc) is 2.25. The van der Waals surface area contributed by atoms with E-state index in [-0.39, 0.29) is 30.7 Å². The van der Waals surface area contributed by atoms with Crippen LogP contribution in [0.3, 0.4) is 0 Å². The van der Waals surface area contributed by atoms with Gasteiger partial charge in [0.2, 0.25) is 5.91 Å². The van der Waals surface area contributed by atoms with Gasteiger partial charge in [0.1, 0.15) is 0 Å². The Morgan fingerprint density at radius 2 is 2.12 bits per heavy atom. The third-order valence-corrected chi connectivity index (χ3v) is 2.48. The lowest BCUT2D eigenvalue weighted by Crippen LogP contribution is -2.38. The molecule has 1 heterocycles. The van der Waals surface area contributed by atoms with Gasteiger partial charge < -0.3 is 15.0 Å². The number of rotatable bonds is 4. The maximum atomic E-state index is 11.7. The molecule has 1 atom stereocenters. The first-order valence-electron chi connectivity index (χ1n) is 5.13. The Morgan fingerprint density at radius 1 is 1.47 bits per heavy atom. The van der Waals surface area contributed by atoms with Gasteiger partial charge in [-0.3, -0.25) is 14.6 Å². The summed E-state index contributed by atoms with van der Waals surface area (Å²) >= 11 is 0. The molecule has 0 aliphatic heterocycles. The van der Waals surface area contributed by atoms with E-state index in [1.165, 1.54) is 4.90 Å². The molecule has 94 valence electrons. The number of amides is 1. The molecule has 7 nitrogen and oxygen atoms in total. The molecule has 0 aliphatic rings. The van der Waals surface area contributed by atoms with Crippen molar-refractivity contribution in [3.05, 3.63) is 32.6 Å². The molecule has 0 fully saturated rings. The highest BCUT2D eigenvalue weighted by Gasteiger charge is 2.15. The molecule has 7 heteroatoms. The summed E-state index contributed by atoms with van der Waals surface area (Å²) in [6, 6.07) is 0.854. The molecule has 17 heavy (non-hydrogen) atoms. The summed E-state index contributed by atoms with van der Waals surface area (Å²) in [7, 11) is 1.55. The topological polar surface area (TPSA) is 106 Å². The highest BCUT2D eigenvalue weighted by atomic mass is 16.3. The van der Waals surface area contributed by atoms with E-state index in [0.717, 1.165) is 6.07 Å². The van der Waals surface area contributed by atoms with Crippen LogP contribution in [0.4, 0.5) is 0 Å². The lowest BCUT2D eigenvalue weighted by molar-refractivity contribution is -0.131. The van der Waals surface area contributed by atoms with E-state index in [2.05, 4.69) is 4.98 Å². The minimum atomic E-state index is -0.641. The number of aliphatic hydroxyl groups is 1. The number of nitrogens with zero attached hydrogens (tertiary/aromatic N) is 1. The first kappa shape index (κ1) is 13.2. The Labute approximate surface area is 97.1 Å². The predicted molar refractivity (Wildman–Crippen MR) is 60.7 cm³/mol. The van der Waals surface area contributed by atoms with E-state index >= 15 is 0 Å². The van der Waals surface area contributed by atoms with Crippen LogP contribution in [-0.4, -0.2) is 45.6 Å². The van der Waals surface area contributed by atoms with Gasteiger partial charge in [0.05, 0.1) is 19.1 Å². The quantitative estimate of drug-likeness (QED) is 0.593. The Kier molecular flexibility index (Phi) is 4.22. The number of aliphatic hydroxyl groups excluding tert-OH is 1. The van der Waals surface area contributed by atoms with Crippen molar-refractivity contribution in [2.24, 2.45) is 0 Å². The van der Waals surface area contributed by atoms with Crippen LogP contribution in [0.25, 0.3) is 0 Å². The van der Waals surface area contributed by atoms with E-state index in [4.69, 9.17) is 5.11 Å². The fourth-order valence-corrected chi connectivity index (χ4v) is 1.27. The predicted octanol–water partition coefficient (Wildman–Crippen LogP) is -1.56. The van der Waals surface area contributed by atoms with Gasteiger partial charge in [-0.25, -0.2) is 4.79 Å². The SMILES string of the molecule is CC(CO)N(C)C(=O)Cc1cc(=O)[nH]c(=O)[nH]1. The molecule has 1 aromatic rings. The summed E-state index contributed by atoms with van der Waals surface area (Å²) in [6.07, 6.45) is -0.0833. The van der Waals surface area contributed by atoms with Crippen LogP contribution >= 0.6 is 0 Å². The maximum absolute atomic E-state index is 11.7. The summed E-state index contributed by atoms with van der Waals surface area (Å²) in [4.78, 5) is 39.5. The minimum Gasteiger partial charge on any atom is -0.394 e. The van der Waals surface area contributed by atoms with Crippen molar-refractivity contribution in [1.82, 2.24) is 14.9 Å². The minimum absolute atomic E-state index is 0.0833. The Hall–Kier alpha value is -1.89. The first-order valence-corrected chi connectivity index (χ1v) is 5.13. The van der Waals surface area contributed by atoms with Gasteiger partial charge in [-0.15, -0.1) is 0 Å². The van der Waals surface area contributed by atoms with Crippen molar-refractivity contribution in [1.29, 1.82) is 0 Å². The summed E-state index contributed by atoms with van der Waals surface area (Å²) in [5, 5.41) is 8.90. The van der Waals surface area contributed by atoms with Crippen molar-refractivity contribution in [2.45, 2.75) is 19.4 Å². The maximum Gasteiger partial charge on any atom is 0.325 e.